The number of carbonyl (C=O) groups excluding carboxylic acids is 1. The lowest BCUT2D eigenvalue weighted by molar-refractivity contribution is 0.0314. The molecule has 0 bridgehead atoms. The fraction of sp³-hybridized carbons (Fsp3) is 0.375. The molecule has 4 nitrogen and oxygen atoms in total. The van der Waals surface area contributed by atoms with Gasteiger partial charge in [-0.3, -0.25) is 4.79 Å². The zero-order chi connectivity index (χ0) is 16.2. The number of aliphatic hydroxyl groups is 1. The van der Waals surface area contributed by atoms with Crippen molar-refractivity contribution in [2.75, 3.05) is 6.54 Å². The van der Waals surface area contributed by atoms with E-state index in [2.05, 4.69) is 10.3 Å². The summed E-state index contributed by atoms with van der Waals surface area (Å²) >= 11 is 1.13. The normalized spacial score (nSPS) is 11.5. The van der Waals surface area contributed by atoms with E-state index in [-0.39, 0.29) is 18.3 Å². The van der Waals surface area contributed by atoms with Crippen molar-refractivity contribution in [3.63, 3.8) is 0 Å². The van der Waals surface area contributed by atoms with Gasteiger partial charge in [-0.2, -0.15) is 0 Å². The number of carbonyl (C=O) groups is 1. The molecule has 2 rings (SSSR count). The Bertz CT molecular complexity index is 653. The summed E-state index contributed by atoms with van der Waals surface area (Å²) in [7, 11) is 0. The minimum absolute atomic E-state index is 0.186. The lowest BCUT2D eigenvalue weighted by atomic mass is 9.98. The highest BCUT2D eigenvalue weighted by Crippen LogP contribution is 2.27. The number of hydrogen-bond donors (Lipinski definition) is 2. The maximum absolute atomic E-state index is 13.7. The van der Waals surface area contributed by atoms with Crippen molar-refractivity contribution in [2.45, 2.75) is 32.3 Å². The molecule has 0 saturated heterocycles. The molecule has 0 fully saturated rings. The molecule has 0 atom stereocenters. The predicted octanol–water partition coefficient (Wildman–Crippen LogP) is 3.23. The molecule has 1 amide bonds. The number of aromatic nitrogens is 1. The molecule has 2 N–H and O–H groups in total. The number of amides is 1. The molecule has 0 saturated carbocycles. The van der Waals surface area contributed by atoms with E-state index < -0.39 is 5.60 Å². The first-order chi connectivity index (χ1) is 10.5. The quantitative estimate of drug-likeness (QED) is 0.858. The Kier molecular flexibility index (Phi) is 5.26. The fourth-order valence-electron chi connectivity index (χ4n) is 1.97. The van der Waals surface area contributed by atoms with Crippen LogP contribution in [0.5, 0.6) is 0 Å². The largest absolute Gasteiger partial charge is 0.388 e. The number of nitrogens with one attached hydrogen (secondary N) is 1. The minimum Gasteiger partial charge on any atom is -0.388 e. The van der Waals surface area contributed by atoms with E-state index in [1.54, 1.807) is 18.2 Å². The lowest BCUT2D eigenvalue weighted by Gasteiger charge is -2.25. The van der Waals surface area contributed by atoms with E-state index in [1.165, 1.54) is 12.3 Å². The van der Waals surface area contributed by atoms with Crippen LogP contribution in [0.1, 0.15) is 36.4 Å². The highest BCUT2D eigenvalue weighted by molar-refractivity contribution is 7.16. The maximum Gasteiger partial charge on any atom is 0.263 e. The summed E-state index contributed by atoms with van der Waals surface area (Å²) in [6.07, 6.45) is 2.55. The minimum atomic E-state index is -0.894. The van der Waals surface area contributed by atoms with Crippen LogP contribution in [-0.2, 0) is 0 Å². The van der Waals surface area contributed by atoms with Gasteiger partial charge in [0.25, 0.3) is 5.91 Å². The fourth-order valence-corrected chi connectivity index (χ4v) is 2.83. The van der Waals surface area contributed by atoms with Crippen LogP contribution in [0.2, 0.25) is 0 Å². The molecule has 0 aliphatic carbocycles. The summed E-state index contributed by atoms with van der Waals surface area (Å²) in [4.78, 5) is 16.6. The molecule has 1 aromatic heterocycles. The lowest BCUT2D eigenvalue weighted by Crippen LogP contribution is -2.41. The Balaban J connectivity index is 2.08. The monoisotopic (exact) mass is 322 g/mol. The van der Waals surface area contributed by atoms with Gasteiger partial charge in [0.15, 0.2) is 0 Å². The molecule has 1 heterocycles. The third kappa shape index (κ3) is 3.69. The zero-order valence-electron chi connectivity index (χ0n) is 12.6. The van der Waals surface area contributed by atoms with Crippen molar-refractivity contribution in [3.8, 4) is 10.6 Å². The van der Waals surface area contributed by atoms with Crippen molar-refractivity contribution in [3.05, 3.63) is 41.2 Å². The highest BCUT2D eigenvalue weighted by atomic mass is 32.1. The van der Waals surface area contributed by atoms with Crippen molar-refractivity contribution >= 4 is 17.2 Å². The van der Waals surface area contributed by atoms with Gasteiger partial charge in [0.2, 0.25) is 0 Å². The molecular formula is C16H19FN2O2S. The third-order valence-electron chi connectivity index (χ3n) is 3.73. The molecule has 0 unspecified atom stereocenters. The number of benzene rings is 1. The molecule has 0 spiro atoms. The molecule has 6 heteroatoms. The second kappa shape index (κ2) is 6.98. The van der Waals surface area contributed by atoms with Gasteiger partial charge < -0.3 is 10.4 Å². The van der Waals surface area contributed by atoms with Crippen LogP contribution < -0.4 is 5.32 Å². The molecule has 118 valence electrons. The summed E-state index contributed by atoms with van der Waals surface area (Å²) in [5, 5.41) is 13.3. The van der Waals surface area contributed by atoms with Gasteiger partial charge in [0, 0.05) is 12.1 Å². The summed E-state index contributed by atoms with van der Waals surface area (Å²) in [6.45, 7) is 3.93. The van der Waals surface area contributed by atoms with Crippen LogP contribution in [0.15, 0.2) is 30.5 Å². The zero-order valence-corrected chi connectivity index (χ0v) is 13.4. The van der Waals surface area contributed by atoms with Gasteiger partial charge in [-0.05, 0) is 25.0 Å². The molecule has 0 aliphatic rings. The number of halogens is 1. The summed E-state index contributed by atoms with van der Waals surface area (Å²) in [5.74, 6) is -0.671. The van der Waals surface area contributed by atoms with E-state index >= 15 is 0 Å². The van der Waals surface area contributed by atoms with E-state index in [9.17, 15) is 14.3 Å². The Hall–Kier alpha value is -1.79. The average Bonchev–Trinajstić information content (AvgIpc) is 3.02. The van der Waals surface area contributed by atoms with E-state index in [4.69, 9.17) is 0 Å². The van der Waals surface area contributed by atoms with E-state index in [0.717, 1.165) is 11.3 Å². The van der Waals surface area contributed by atoms with Crippen molar-refractivity contribution in [1.82, 2.24) is 10.3 Å². The van der Waals surface area contributed by atoms with Crippen molar-refractivity contribution in [1.29, 1.82) is 0 Å². The SMILES string of the molecule is CCC(O)(CC)CNC(=O)c1cnc(-c2ccccc2F)s1. The Morgan fingerprint density at radius 3 is 2.68 bits per heavy atom. The number of thiazole rings is 1. The Morgan fingerprint density at radius 2 is 2.05 bits per heavy atom. The molecule has 0 aliphatic heterocycles. The topological polar surface area (TPSA) is 62.2 Å². The number of nitrogens with zero attached hydrogens (tertiary/aromatic N) is 1. The van der Waals surface area contributed by atoms with Gasteiger partial charge in [-0.1, -0.05) is 26.0 Å². The molecule has 1 aromatic carbocycles. The average molecular weight is 322 g/mol. The van der Waals surface area contributed by atoms with Gasteiger partial charge >= 0.3 is 0 Å². The van der Waals surface area contributed by atoms with Crippen LogP contribution in [0, 0.1) is 5.82 Å². The Morgan fingerprint density at radius 1 is 1.36 bits per heavy atom. The van der Waals surface area contributed by atoms with Gasteiger partial charge in [-0.25, -0.2) is 9.37 Å². The van der Waals surface area contributed by atoms with Gasteiger partial charge in [0.05, 0.1) is 11.8 Å². The first-order valence-electron chi connectivity index (χ1n) is 7.20. The number of rotatable bonds is 6. The first-order valence-corrected chi connectivity index (χ1v) is 8.02. The Labute approximate surface area is 133 Å². The second-order valence-corrected chi connectivity index (χ2v) is 6.15. The summed E-state index contributed by atoms with van der Waals surface area (Å²) in [5.41, 5.74) is -0.514. The van der Waals surface area contributed by atoms with E-state index in [0.29, 0.717) is 28.3 Å². The third-order valence-corrected chi connectivity index (χ3v) is 4.76. The van der Waals surface area contributed by atoms with E-state index in [1.807, 2.05) is 13.8 Å². The summed E-state index contributed by atoms with van der Waals surface area (Å²) in [6, 6.07) is 6.32. The molecular weight excluding hydrogens is 303 g/mol. The standard InChI is InChI=1S/C16H19FN2O2S/c1-3-16(21,4-2)10-19-14(20)13-9-18-15(22-13)11-7-5-6-8-12(11)17/h5-9,21H,3-4,10H2,1-2H3,(H,19,20). The molecule has 2 aromatic rings. The van der Waals surface area contributed by atoms with Gasteiger partial charge in [0.1, 0.15) is 15.7 Å². The van der Waals surface area contributed by atoms with Gasteiger partial charge in [-0.15, -0.1) is 11.3 Å². The van der Waals surface area contributed by atoms with Crippen LogP contribution >= 0.6 is 11.3 Å². The van der Waals surface area contributed by atoms with Crippen molar-refractivity contribution in [2.24, 2.45) is 0 Å². The van der Waals surface area contributed by atoms with Crippen LogP contribution in [0.3, 0.4) is 0 Å². The first kappa shape index (κ1) is 16.6. The van der Waals surface area contributed by atoms with Crippen LogP contribution in [0.25, 0.3) is 10.6 Å². The molecule has 22 heavy (non-hydrogen) atoms. The highest BCUT2D eigenvalue weighted by Gasteiger charge is 2.23. The number of hydrogen-bond acceptors (Lipinski definition) is 4. The second-order valence-electron chi connectivity index (χ2n) is 5.12. The maximum atomic E-state index is 13.7. The van der Waals surface area contributed by atoms with Crippen LogP contribution in [-0.4, -0.2) is 28.1 Å². The summed E-state index contributed by atoms with van der Waals surface area (Å²) < 4.78 is 13.7. The molecule has 0 radical (unpaired) electrons. The van der Waals surface area contributed by atoms with Crippen LogP contribution in [0.4, 0.5) is 4.39 Å². The smallest absolute Gasteiger partial charge is 0.263 e. The predicted molar refractivity (Wildman–Crippen MR) is 85.4 cm³/mol. The van der Waals surface area contributed by atoms with Crippen molar-refractivity contribution < 1.29 is 14.3 Å².